The molecule has 0 amide bonds. The van der Waals surface area contributed by atoms with Crippen LogP contribution < -0.4 is 9.47 Å². The summed E-state index contributed by atoms with van der Waals surface area (Å²) >= 11 is 0. The van der Waals surface area contributed by atoms with E-state index in [4.69, 9.17) is 9.47 Å². The lowest BCUT2D eigenvalue weighted by Gasteiger charge is -2.30. The fourth-order valence-corrected chi connectivity index (χ4v) is 5.09. The molecule has 162 valence electrons. The van der Waals surface area contributed by atoms with Crippen LogP contribution in [0.2, 0.25) is 0 Å². The van der Waals surface area contributed by atoms with E-state index in [1.165, 1.54) is 18.4 Å². The van der Waals surface area contributed by atoms with Gasteiger partial charge in [-0.15, -0.1) is 0 Å². The molecule has 31 heavy (non-hydrogen) atoms. The first kappa shape index (κ1) is 20.1. The van der Waals surface area contributed by atoms with Crippen LogP contribution in [0.5, 0.6) is 11.5 Å². The molecule has 4 heterocycles. The van der Waals surface area contributed by atoms with Gasteiger partial charge in [0.15, 0.2) is 0 Å². The van der Waals surface area contributed by atoms with Crippen LogP contribution in [0.4, 0.5) is 0 Å². The van der Waals surface area contributed by atoms with Gasteiger partial charge in [0.2, 0.25) is 0 Å². The first-order chi connectivity index (χ1) is 15.3. The molecular weight excluding hydrogens is 388 g/mol. The molecule has 3 aliphatic heterocycles. The molecule has 2 aromatic rings. The van der Waals surface area contributed by atoms with Gasteiger partial charge in [0, 0.05) is 79.2 Å². The van der Waals surface area contributed by atoms with Crippen LogP contribution in [0.1, 0.15) is 24.3 Å². The first-order valence-corrected chi connectivity index (χ1v) is 11.2. The Balaban J connectivity index is 1.27. The maximum atomic E-state index is 6.18. The molecular formula is C25H30N4O2. The van der Waals surface area contributed by atoms with Crippen LogP contribution in [0, 0.1) is 5.92 Å². The number of ether oxygens (including phenoxy) is 2. The van der Waals surface area contributed by atoms with Gasteiger partial charge in [-0.1, -0.05) is 6.07 Å². The molecule has 6 nitrogen and oxygen atoms in total. The molecule has 6 heteroatoms. The van der Waals surface area contributed by atoms with Crippen molar-refractivity contribution in [3.8, 4) is 22.6 Å². The standard InChI is InChI=1S/C25H30N4O2/c1-30-25-21(19-5-4-8-27-15-19)6-7-23-24(25)22-17-29(16-20(22)18-31-23)12-3-2-11-28-13-9-26-10-14-28/h4-10,13,15,20,22H,2-3,11-12,14,16-18H2,1H3/t20-,22-/m1/s1. The highest BCUT2D eigenvalue weighted by molar-refractivity contribution is 5.74. The largest absolute Gasteiger partial charge is 0.496 e. The summed E-state index contributed by atoms with van der Waals surface area (Å²) in [7, 11) is 1.77. The molecule has 0 saturated carbocycles. The smallest absolute Gasteiger partial charge is 0.133 e. The molecule has 0 aliphatic carbocycles. The number of likely N-dealkylation sites (tertiary alicyclic amines) is 1. The Bertz CT molecular complexity index is 959. The zero-order valence-electron chi connectivity index (χ0n) is 18.1. The highest BCUT2D eigenvalue weighted by atomic mass is 16.5. The Hall–Kier alpha value is -2.86. The number of fused-ring (bicyclic) bond motifs is 3. The van der Waals surface area contributed by atoms with Crippen LogP contribution in [-0.4, -0.2) is 67.4 Å². The molecule has 0 radical (unpaired) electrons. The summed E-state index contributed by atoms with van der Waals surface area (Å²) in [5.41, 5.74) is 3.41. The van der Waals surface area contributed by atoms with Crippen molar-refractivity contribution < 1.29 is 9.47 Å². The molecule has 1 aromatic heterocycles. The molecule has 0 N–H and O–H groups in total. The van der Waals surface area contributed by atoms with E-state index < -0.39 is 0 Å². The van der Waals surface area contributed by atoms with Crippen LogP contribution in [-0.2, 0) is 0 Å². The van der Waals surface area contributed by atoms with Crippen molar-refractivity contribution >= 4 is 6.21 Å². The number of methoxy groups -OCH3 is 1. The maximum Gasteiger partial charge on any atom is 0.133 e. The molecule has 2 atom stereocenters. The SMILES string of the molecule is COc1c(-c2cccnc2)ccc2c1[C@@H]1CN(CCCCN3C=CN=CC3)C[C@@H]1CO2. The topological polar surface area (TPSA) is 50.2 Å². The Morgan fingerprint density at radius 1 is 1.16 bits per heavy atom. The number of pyridine rings is 1. The predicted octanol–water partition coefficient (Wildman–Crippen LogP) is 3.80. The van der Waals surface area contributed by atoms with Gasteiger partial charge >= 0.3 is 0 Å². The van der Waals surface area contributed by atoms with Gasteiger partial charge in [-0.2, -0.15) is 0 Å². The quantitative estimate of drug-likeness (QED) is 0.640. The number of hydrogen-bond acceptors (Lipinski definition) is 6. The number of benzene rings is 1. The summed E-state index contributed by atoms with van der Waals surface area (Å²) in [6.45, 7) is 6.12. The van der Waals surface area contributed by atoms with Gasteiger partial charge < -0.3 is 19.3 Å². The summed E-state index contributed by atoms with van der Waals surface area (Å²) in [5, 5.41) is 0. The van der Waals surface area contributed by atoms with Crippen molar-refractivity contribution in [2.45, 2.75) is 18.8 Å². The van der Waals surface area contributed by atoms with E-state index in [2.05, 4.69) is 44.2 Å². The Labute approximate surface area is 184 Å². The van der Waals surface area contributed by atoms with Crippen molar-refractivity contribution in [2.24, 2.45) is 10.9 Å². The maximum absolute atomic E-state index is 6.18. The average Bonchev–Trinajstić information content (AvgIpc) is 3.25. The van der Waals surface area contributed by atoms with E-state index in [0.717, 1.165) is 62.0 Å². The summed E-state index contributed by atoms with van der Waals surface area (Å²) in [4.78, 5) is 13.4. The van der Waals surface area contributed by atoms with Crippen LogP contribution in [0.3, 0.4) is 0 Å². The van der Waals surface area contributed by atoms with Crippen LogP contribution >= 0.6 is 0 Å². The van der Waals surface area contributed by atoms with Gasteiger partial charge in [0.05, 0.1) is 20.3 Å². The van der Waals surface area contributed by atoms with E-state index in [1.54, 1.807) is 13.3 Å². The molecule has 1 aromatic carbocycles. The van der Waals surface area contributed by atoms with E-state index in [-0.39, 0.29) is 0 Å². The lowest BCUT2D eigenvalue weighted by Crippen LogP contribution is -2.26. The number of hydrogen-bond donors (Lipinski definition) is 0. The Kier molecular flexibility index (Phi) is 5.89. The molecule has 3 aliphatic rings. The summed E-state index contributed by atoms with van der Waals surface area (Å²) in [6, 6.07) is 8.26. The van der Waals surface area contributed by atoms with Crippen molar-refractivity contribution in [2.75, 3.05) is 46.4 Å². The molecule has 0 unspecified atom stereocenters. The Morgan fingerprint density at radius 3 is 2.90 bits per heavy atom. The third kappa shape index (κ3) is 4.17. The summed E-state index contributed by atoms with van der Waals surface area (Å²) in [6.07, 6.45) is 12.0. The number of rotatable bonds is 7. The van der Waals surface area contributed by atoms with E-state index in [1.807, 2.05) is 24.7 Å². The van der Waals surface area contributed by atoms with Crippen molar-refractivity contribution in [1.82, 2.24) is 14.8 Å². The van der Waals surface area contributed by atoms with Crippen molar-refractivity contribution in [1.29, 1.82) is 0 Å². The van der Waals surface area contributed by atoms with Gasteiger partial charge in [-0.25, -0.2) is 0 Å². The monoisotopic (exact) mass is 418 g/mol. The second-order valence-corrected chi connectivity index (χ2v) is 8.57. The molecule has 5 rings (SSSR count). The highest BCUT2D eigenvalue weighted by Crippen LogP contribution is 2.49. The van der Waals surface area contributed by atoms with E-state index in [9.17, 15) is 0 Å². The second kappa shape index (κ2) is 9.10. The van der Waals surface area contributed by atoms with Crippen molar-refractivity contribution in [3.05, 3.63) is 54.6 Å². The van der Waals surface area contributed by atoms with Gasteiger partial charge in [-0.3, -0.25) is 9.98 Å². The van der Waals surface area contributed by atoms with Crippen LogP contribution in [0.25, 0.3) is 11.1 Å². The van der Waals surface area contributed by atoms with Crippen molar-refractivity contribution in [3.63, 3.8) is 0 Å². The van der Waals surface area contributed by atoms with Gasteiger partial charge in [0.1, 0.15) is 11.5 Å². The minimum Gasteiger partial charge on any atom is -0.496 e. The van der Waals surface area contributed by atoms with Gasteiger partial charge in [-0.05, 0) is 37.6 Å². The highest BCUT2D eigenvalue weighted by Gasteiger charge is 2.41. The number of aromatic nitrogens is 1. The molecule has 1 saturated heterocycles. The summed E-state index contributed by atoms with van der Waals surface area (Å²) < 4.78 is 12.1. The molecule has 0 spiro atoms. The third-order valence-electron chi connectivity index (χ3n) is 6.63. The first-order valence-electron chi connectivity index (χ1n) is 11.2. The van der Waals surface area contributed by atoms with Crippen LogP contribution in [0.15, 0.2) is 54.1 Å². The second-order valence-electron chi connectivity index (χ2n) is 8.57. The molecule has 1 fully saturated rings. The number of unbranched alkanes of at least 4 members (excludes halogenated alkanes) is 1. The molecule has 0 bridgehead atoms. The normalized spacial score (nSPS) is 22.2. The lowest BCUT2D eigenvalue weighted by atomic mass is 9.84. The zero-order chi connectivity index (χ0) is 21.0. The minimum absolute atomic E-state index is 0.455. The van der Waals surface area contributed by atoms with Gasteiger partial charge in [0.25, 0.3) is 0 Å². The third-order valence-corrected chi connectivity index (χ3v) is 6.63. The summed E-state index contributed by atoms with van der Waals surface area (Å²) in [5.74, 6) is 2.90. The Morgan fingerprint density at radius 2 is 2.10 bits per heavy atom. The predicted molar refractivity (Wildman–Crippen MR) is 123 cm³/mol. The number of aliphatic imine (C=N–C) groups is 1. The lowest BCUT2D eigenvalue weighted by molar-refractivity contribution is 0.209. The minimum atomic E-state index is 0.455. The fourth-order valence-electron chi connectivity index (χ4n) is 5.09. The fraction of sp³-hybridized carbons (Fsp3) is 0.440. The number of nitrogens with zero attached hydrogens (tertiary/aromatic N) is 4. The average molecular weight is 419 g/mol. The zero-order valence-corrected chi connectivity index (χ0v) is 18.1. The van der Waals surface area contributed by atoms with E-state index in [0.29, 0.717) is 11.8 Å². The van der Waals surface area contributed by atoms with E-state index >= 15 is 0 Å².